The molecule has 2 rings (SSSR count). The van der Waals surface area contributed by atoms with Gasteiger partial charge in [0.1, 0.15) is 30.1 Å². The fourth-order valence-electron chi connectivity index (χ4n) is 2.24. The summed E-state index contributed by atoms with van der Waals surface area (Å²) in [6, 6.07) is 5.62. The molecule has 1 saturated heterocycles. The number of carbonyl (C=O) groups excluding carboxylic acids is 1. The Morgan fingerprint density at radius 3 is 2.64 bits per heavy atom. The number of benzene rings is 1. The van der Waals surface area contributed by atoms with Crippen molar-refractivity contribution in [3.63, 3.8) is 0 Å². The van der Waals surface area contributed by atoms with Gasteiger partial charge >= 0.3 is 0 Å². The Morgan fingerprint density at radius 2 is 2.05 bits per heavy atom. The summed E-state index contributed by atoms with van der Waals surface area (Å²) in [7, 11) is 0. The van der Waals surface area contributed by atoms with Gasteiger partial charge < -0.3 is 30.1 Å². The first-order valence-corrected chi connectivity index (χ1v) is 7.12. The number of halogens is 1. The van der Waals surface area contributed by atoms with E-state index in [-0.39, 0.29) is 0 Å². The molecule has 1 aromatic carbocycles. The monoisotopic (exact) mass is 331 g/mol. The summed E-state index contributed by atoms with van der Waals surface area (Å²) in [6.07, 6.45) is -4.86. The second-order valence-electron chi connectivity index (χ2n) is 4.98. The highest BCUT2D eigenvalue weighted by Gasteiger charge is 2.46. The van der Waals surface area contributed by atoms with E-state index in [4.69, 9.17) is 21.1 Å². The lowest BCUT2D eigenvalue weighted by Crippen LogP contribution is -2.65. The van der Waals surface area contributed by atoms with Crippen molar-refractivity contribution in [3.05, 3.63) is 29.3 Å². The normalized spacial score (nSPS) is 31.6. The van der Waals surface area contributed by atoms with Crippen LogP contribution in [0.25, 0.3) is 0 Å². The Hall–Kier alpha value is -1.38. The number of rotatable bonds is 4. The van der Waals surface area contributed by atoms with Gasteiger partial charge in [-0.05, 0) is 12.1 Å². The Kier molecular flexibility index (Phi) is 5.60. The molecule has 0 unspecified atom stereocenters. The van der Waals surface area contributed by atoms with Gasteiger partial charge in [0, 0.05) is 6.92 Å². The van der Waals surface area contributed by atoms with Crippen molar-refractivity contribution >= 4 is 17.5 Å². The van der Waals surface area contributed by atoms with E-state index in [1.54, 1.807) is 24.3 Å². The van der Waals surface area contributed by atoms with Crippen molar-refractivity contribution in [2.75, 3.05) is 6.61 Å². The molecule has 0 saturated carbocycles. The van der Waals surface area contributed by atoms with Crippen molar-refractivity contribution in [2.24, 2.45) is 0 Å². The standard InChI is InChI=1S/C14H18ClNO6/c1-7(18)16-11-13(20)12(19)10(6-17)22-14(11)21-9-5-3-2-4-8(9)15/h2-5,10-14,17,19-20H,6H2,1H3,(H,16,18)/t10-,11+,12+,13-,14+/m1/s1. The first kappa shape index (κ1) is 17.0. The fourth-order valence-corrected chi connectivity index (χ4v) is 2.42. The second kappa shape index (κ2) is 7.26. The third-order valence-electron chi connectivity index (χ3n) is 3.33. The van der Waals surface area contributed by atoms with E-state index in [1.165, 1.54) is 6.92 Å². The fraction of sp³-hybridized carbons (Fsp3) is 0.500. The molecule has 1 amide bonds. The van der Waals surface area contributed by atoms with E-state index >= 15 is 0 Å². The SMILES string of the molecule is CC(=O)N[C@@H]1[C@@H](Oc2ccccc2Cl)O[C@H](CO)[C@H](O)[C@@H]1O. The van der Waals surface area contributed by atoms with Crippen LogP contribution in [0.1, 0.15) is 6.92 Å². The van der Waals surface area contributed by atoms with Crippen molar-refractivity contribution < 1.29 is 29.6 Å². The number of aliphatic hydroxyl groups is 3. The molecule has 0 spiro atoms. The van der Waals surface area contributed by atoms with E-state index < -0.39 is 43.2 Å². The third-order valence-corrected chi connectivity index (χ3v) is 3.64. The molecular weight excluding hydrogens is 314 g/mol. The quantitative estimate of drug-likeness (QED) is 0.601. The number of ether oxygens (including phenoxy) is 2. The minimum atomic E-state index is -1.36. The van der Waals surface area contributed by atoms with Crippen LogP contribution >= 0.6 is 11.6 Å². The maximum Gasteiger partial charge on any atom is 0.223 e. The molecular formula is C14H18ClNO6. The lowest BCUT2D eigenvalue weighted by molar-refractivity contribution is -0.244. The van der Waals surface area contributed by atoms with Crippen LogP contribution in [0.15, 0.2) is 24.3 Å². The minimum absolute atomic E-state index is 0.296. The topological polar surface area (TPSA) is 108 Å². The minimum Gasteiger partial charge on any atom is -0.461 e. The maximum atomic E-state index is 11.3. The molecule has 1 aromatic rings. The van der Waals surface area contributed by atoms with Crippen LogP contribution in [0.5, 0.6) is 5.75 Å². The van der Waals surface area contributed by atoms with Gasteiger partial charge in [-0.1, -0.05) is 23.7 Å². The molecule has 5 atom stereocenters. The summed E-state index contributed by atoms with van der Waals surface area (Å²) in [5.74, 6) is -0.125. The van der Waals surface area contributed by atoms with E-state index in [2.05, 4.69) is 5.32 Å². The molecule has 122 valence electrons. The first-order valence-electron chi connectivity index (χ1n) is 6.74. The molecule has 0 bridgehead atoms. The van der Waals surface area contributed by atoms with Gasteiger partial charge in [-0.25, -0.2) is 0 Å². The van der Waals surface area contributed by atoms with Crippen LogP contribution in [-0.4, -0.2) is 58.5 Å². The Labute approximate surface area is 132 Å². The number of aliphatic hydroxyl groups excluding tert-OH is 3. The van der Waals surface area contributed by atoms with Crippen LogP contribution in [0, 0.1) is 0 Å². The molecule has 1 aliphatic rings. The smallest absolute Gasteiger partial charge is 0.223 e. The van der Waals surface area contributed by atoms with Gasteiger partial charge in [-0.2, -0.15) is 0 Å². The highest BCUT2D eigenvalue weighted by molar-refractivity contribution is 6.32. The number of nitrogens with one attached hydrogen (secondary N) is 1. The molecule has 0 aromatic heterocycles. The number of hydrogen-bond acceptors (Lipinski definition) is 6. The van der Waals surface area contributed by atoms with Gasteiger partial charge in [0.2, 0.25) is 12.2 Å². The van der Waals surface area contributed by atoms with Gasteiger partial charge in [0.25, 0.3) is 0 Å². The zero-order chi connectivity index (χ0) is 16.3. The van der Waals surface area contributed by atoms with Gasteiger partial charge in [0.15, 0.2) is 0 Å². The number of amides is 1. The Balaban J connectivity index is 2.23. The van der Waals surface area contributed by atoms with Crippen LogP contribution < -0.4 is 10.1 Å². The number of carbonyl (C=O) groups is 1. The molecule has 0 radical (unpaired) electrons. The maximum absolute atomic E-state index is 11.3. The molecule has 8 heteroatoms. The molecule has 1 aliphatic heterocycles. The Morgan fingerprint density at radius 1 is 1.36 bits per heavy atom. The summed E-state index contributed by atoms with van der Waals surface area (Å²) < 4.78 is 11.0. The van der Waals surface area contributed by atoms with Gasteiger partial charge in [-0.3, -0.25) is 4.79 Å². The van der Waals surface area contributed by atoms with Crippen molar-refractivity contribution in [1.82, 2.24) is 5.32 Å². The second-order valence-corrected chi connectivity index (χ2v) is 5.39. The molecule has 1 fully saturated rings. The summed E-state index contributed by atoms with van der Waals surface area (Å²) in [4.78, 5) is 11.3. The predicted molar refractivity (Wildman–Crippen MR) is 77.4 cm³/mol. The largest absolute Gasteiger partial charge is 0.461 e. The van der Waals surface area contributed by atoms with E-state index in [1.807, 2.05) is 0 Å². The molecule has 4 N–H and O–H groups in total. The lowest BCUT2D eigenvalue weighted by atomic mass is 9.97. The van der Waals surface area contributed by atoms with Crippen molar-refractivity contribution in [1.29, 1.82) is 0 Å². The number of para-hydroxylation sites is 1. The van der Waals surface area contributed by atoms with Crippen molar-refractivity contribution in [3.8, 4) is 5.75 Å². The summed E-state index contributed by atoms with van der Waals surface area (Å²) in [6.45, 7) is 0.761. The summed E-state index contributed by atoms with van der Waals surface area (Å²) in [5, 5.41) is 32.0. The third kappa shape index (κ3) is 3.68. The highest BCUT2D eigenvalue weighted by atomic mass is 35.5. The van der Waals surface area contributed by atoms with E-state index in [9.17, 15) is 20.1 Å². The van der Waals surface area contributed by atoms with Crippen LogP contribution in [0.2, 0.25) is 5.02 Å². The summed E-state index contributed by atoms with van der Waals surface area (Å²) in [5.41, 5.74) is 0. The number of hydrogen-bond donors (Lipinski definition) is 4. The zero-order valence-electron chi connectivity index (χ0n) is 11.8. The summed E-state index contributed by atoms with van der Waals surface area (Å²) >= 11 is 6.00. The van der Waals surface area contributed by atoms with E-state index in [0.717, 1.165) is 0 Å². The Bertz CT molecular complexity index is 528. The first-order chi connectivity index (χ1) is 10.4. The predicted octanol–water partition coefficient (Wildman–Crippen LogP) is -0.338. The average molecular weight is 332 g/mol. The highest BCUT2D eigenvalue weighted by Crippen LogP contribution is 2.28. The van der Waals surface area contributed by atoms with Crippen molar-refractivity contribution in [2.45, 2.75) is 37.6 Å². The molecule has 7 nitrogen and oxygen atoms in total. The van der Waals surface area contributed by atoms with Crippen LogP contribution in [0.3, 0.4) is 0 Å². The van der Waals surface area contributed by atoms with Crippen LogP contribution in [-0.2, 0) is 9.53 Å². The van der Waals surface area contributed by atoms with E-state index in [0.29, 0.717) is 10.8 Å². The van der Waals surface area contributed by atoms with Gasteiger partial charge in [-0.15, -0.1) is 0 Å². The molecule has 1 heterocycles. The lowest BCUT2D eigenvalue weighted by Gasteiger charge is -2.42. The van der Waals surface area contributed by atoms with Crippen LogP contribution in [0.4, 0.5) is 0 Å². The molecule has 0 aliphatic carbocycles. The average Bonchev–Trinajstić information content (AvgIpc) is 2.48. The molecule has 22 heavy (non-hydrogen) atoms. The van der Waals surface area contributed by atoms with Gasteiger partial charge in [0.05, 0.1) is 11.6 Å². The zero-order valence-corrected chi connectivity index (χ0v) is 12.6.